The van der Waals surface area contributed by atoms with Crippen LogP contribution in [-0.2, 0) is 17.8 Å². The number of anilines is 2. The van der Waals surface area contributed by atoms with Crippen molar-refractivity contribution < 1.29 is 9.53 Å². The van der Waals surface area contributed by atoms with Crippen LogP contribution in [-0.4, -0.2) is 48.3 Å². The minimum absolute atomic E-state index is 0.203. The minimum Gasteiger partial charge on any atom is -0.377 e. The Morgan fingerprint density at radius 2 is 2.11 bits per heavy atom. The van der Waals surface area contributed by atoms with Crippen molar-refractivity contribution in [3.8, 4) is 11.3 Å². The summed E-state index contributed by atoms with van der Waals surface area (Å²) in [5, 5.41) is 8.93. The van der Waals surface area contributed by atoms with E-state index in [1.54, 1.807) is 0 Å². The van der Waals surface area contributed by atoms with Gasteiger partial charge in [0.15, 0.2) is 0 Å². The molecule has 4 rings (SSSR count). The Bertz CT molecular complexity index is 855. The highest BCUT2D eigenvalue weighted by Gasteiger charge is 2.26. The number of amides is 2. The van der Waals surface area contributed by atoms with Gasteiger partial charge in [-0.15, -0.1) is 0 Å². The van der Waals surface area contributed by atoms with E-state index in [0.717, 1.165) is 53.8 Å². The first-order chi connectivity index (χ1) is 13.7. The molecule has 1 atom stereocenters. The van der Waals surface area contributed by atoms with Gasteiger partial charge in [-0.05, 0) is 26.0 Å². The van der Waals surface area contributed by atoms with E-state index in [-0.39, 0.29) is 12.1 Å². The third-order valence-electron chi connectivity index (χ3n) is 5.05. The number of aromatic nitrogens is 2. The average Bonchev–Trinajstić information content (AvgIpc) is 3.17. The van der Waals surface area contributed by atoms with Crippen LogP contribution in [0.1, 0.15) is 25.1 Å². The molecule has 3 heterocycles. The largest absolute Gasteiger partial charge is 0.377 e. The Kier molecular flexibility index (Phi) is 5.40. The molecule has 1 aromatic carbocycles. The number of rotatable bonds is 4. The molecule has 0 radical (unpaired) electrons. The molecule has 1 fully saturated rings. The summed E-state index contributed by atoms with van der Waals surface area (Å²) in [6.45, 7) is 8.31. The minimum atomic E-state index is -0.203. The number of morpholine rings is 1. The third kappa shape index (κ3) is 3.79. The van der Waals surface area contributed by atoms with Crippen molar-refractivity contribution in [2.45, 2.75) is 33.0 Å². The summed E-state index contributed by atoms with van der Waals surface area (Å²) in [7, 11) is 0. The second kappa shape index (κ2) is 8.12. The van der Waals surface area contributed by atoms with Crippen molar-refractivity contribution in [3.63, 3.8) is 0 Å². The van der Waals surface area contributed by atoms with Crippen molar-refractivity contribution in [3.05, 3.63) is 35.5 Å². The second-order valence-electron chi connectivity index (χ2n) is 7.08. The number of urea groups is 1. The number of hydrogen-bond acceptors (Lipinski definition) is 6. The summed E-state index contributed by atoms with van der Waals surface area (Å²) in [5.74, 6) is 0.762. The highest BCUT2D eigenvalue weighted by atomic mass is 16.5. The fourth-order valence-electron chi connectivity index (χ4n) is 3.59. The number of hydrogen-bond donors (Lipinski definition) is 3. The quantitative estimate of drug-likeness (QED) is 0.750. The first kappa shape index (κ1) is 18.6. The van der Waals surface area contributed by atoms with Crippen molar-refractivity contribution in [2.75, 3.05) is 36.5 Å². The molecule has 2 aromatic rings. The Balaban J connectivity index is 1.64. The van der Waals surface area contributed by atoms with E-state index in [9.17, 15) is 4.79 Å². The van der Waals surface area contributed by atoms with E-state index in [1.807, 2.05) is 31.2 Å². The van der Waals surface area contributed by atoms with Crippen LogP contribution in [0.2, 0.25) is 0 Å². The normalized spacial score (nSPS) is 18.6. The van der Waals surface area contributed by atoms with E-state index >= 15 is 0 Å². The molecule has 0 unspecified atom stereocenters. The van der Waals surface area contributed by atoms with E-state index in [4.69, 9.17) is 14.7 Å². The van der Waals surface area contributed by atoms with Crippen molar-refractivity contribution in [1.82, 2.24) is 20.6 Å². The number of nitrogens with zero attached hydrogens (tertiary/aromatic N) is 3. The van der Waals surface area contributed by atoms with Gasteiger partial charge in [-0.25, -0.2) is 14.8 Å². The molecule has 28 heavy (non-hydrogen) atoms. The van der Waals surface area contributed by atoms with Crippen LogP contribution in [0.4, 0.5) is 16.4 Å². The van der Waals surface area contributed by atoms with E-state index in [0.29, 0.717) is 19.8 Å². The summed E-state index contributed by atoms with van der Waals surface area (Å²) in [6, 6.07) is 7.84. The average molecular weight is 382 g/mol. The predicted octanol–water partition coefficient (Wildman–Crippen LogP) is 2.11. The van der Waals surface area contributed by atoms with Gasteiger partial charge in [0.25, 0.3) is 0 Å². The maximum absolute atomic E-state index is 11.7. The highest BCUT2D eigenvalue weighted by Crippen LogP contribution is 2.30. The van der Waals surface area contributed by atoms with Crippen LogP contribution >= 0.6 is 0 Å². The second-order valence-corrected chi connectivity index (χ2v) is 7.08. The van der Waals surface area contributed by atoms with Gasteiger partial charge in [-0.3, -0.25) is 0 Å². The lowest BCUT2D eigenvalue weighted by atomic mass is 10.1. The number of nitrogens with one attached hydrogen (secondary N) is 3. The molecular weight excluding hydrogens is 356 g/mol. The molecule has 1 aromatic heterocycles. The summed E-state index contributed by atoms with van der Waals surface area (Å²) < 4.78 is 5.55. The van der Waals surface area contributed by atoms with Crippen molar-refractivity contribution in [2.24, 2.45) is 0 Å². The van der Waals surface area contributed by atoms with Crippen LogP contribution in [0.5, 0.6) is 0 Å². The molecule has 148 valence electrons. The van der Waals surface area contributed by atoms with Crippen LogP contribution in [0.3, 0.4) is 0 Å². The Morgan fingerprint density at radius 1 is 1.29 bits per heavy atom. The monoisotopic (exact) mass is 382 g/mol. The number of ether oxygens (including phenoxy) is 1. The van der Waals surface area contributed by atoms with Gasteiger partial charge in [-0.2, -0.15) is 0 Å². The lowest BCUT2D eigenvalue weighted by Crippen LogP contribution is -2.44. The fourth-order valence-corrected chi connectivity index (χ4v) is 3.59. The van der Waals surface area contributed by atoms with Crippen molar-refractivity contribution in [1.29, 1.82) is 0 Å². The smallest absolute Gasteiger partial charge is 0.319 e. The zero-order valence-corrected chi connectivity index (χ0v) is 16.3. The maximum atomic E-state index is 11.7. The molecule has 0 bridgehead atoms. The first-order valence-corrected chi connectivity index (χ1v) is 9.76. The van der Waals surface area contributed by atoms with E-state index in [2.05, 4.69) is 27.8 Å². The number of carbonyl (C=O) groups excluding carboxylic acids is 1. The van der Waals surface area contributed by atoms with Gasteiger partial charge in [-0.1, -0.05) is 12.1 Å². The maximum Gasteiger partial charge on any atom is 0.319 e. The predicted molar refractivity (Wildman–Crippen MR) is 108 cm³/mol. The van der Waals surface area contributed by atoms with Gasteiger partial charge >= 0.3 is 6.03 Å². The van der Waals surface area contributed by atoms with E-state index < -0.39 is 0 Å². The molecule has 1 saturated heterocycles. The summed E-state index contributed by atoms with van der Waals surface area (Å²) >= 11 is 0. The summed E-state index contributed by atoms with van der Waals surface area (Å²) in [6.07, 6.45) is 0. The number of fused-ring (bicyclic) bond motifs is 1. The third-order valence-corrected chi connectivity index (χ3v) is 5.05. The fraction of sp³-hybridized carbons (Fsp3) is 0.450. The van der Waals surface area contributed by atoms with Crippen LogP contribution in [0.15, 0.2) is 24.3 Å². The molecular formula is C20H26N6O2. The Morgan fingerprint density at radius 3 is 2.86 bits per heavy atom. The SMILES string of the molecule is CCNC(=O)Nc1ccc(-c2nc(N3CCOC[C@@H]3C)nc3c2CNC3)cc1. The molecule has 2 aliphatic rings. The Hall–Kier alpha value is -2.71. The van der Waals surface area contributed by atoms with E-state index in [1.165, 1.54) is 0 Å². The molecule has 8 nitrogen and oxygen atoms in total. The molecule has 2 amide bonds. The molecule has 0 saturated carbocycles. The van der Waals surface area contributed by atoms with Crippen LogP contribution in [0.25, 0.3) is 11.3 Å². The van der Waals surface area contributed by atoms with Crippen LogP contribution in [0, 0.1) is 0 Å². The van der Waals surface area contributed by atoms with Gasteiger partial charge in [0.1, 0.15) is 0 Å². The zero-order chi connectivity index (χ0) is 19.5. The molecule has 0 aliphatic carbocycles. The molecule has 3 N–H and O–H groups in total. The van der Waals surface area contributed by atoms with Gasteiger partial charge < -0.3 is 25.6 Å². The lowest BCUT2D eigenvalue weighted by Gasteiger charge is -2.33. The Labute approximate surface area is 164 Å². The highest BCUT2D eigenvalue weighted by molar-refractivity contribution is 5.89. The number of benzene rings is 1. The first-order valence-electron chi connectivity index (χ1n) is 9.76. The zero-order valence-electron chi connectivity index (χ0n) is 16.3. The van der Waals surface area contributed by atoms with Gasteiger partial charge in [0, 0.05) is 43.0 Å². The molecule has 8 heteroatoms. The molecule has 2 aliphatic heterocycles. The van der Waals surface area contributed by atoms with Gasteiger partial charge in [0.05, 0.1) is 30.6 Å². The standard InChI is InChI=1S/C20H26N6O2/c1-3-22-20(27)23-15-6-4-14(5-7-15)18-16-10-21-11-17(16)24-19(25-18)26-8-9-28-12-13(26)2/h4-7,13,21H,3,8-12H2,1-2H3,(H2,22,23,27)/t13-/m0/s1. The number of carbonyl (C=O) groups is 1. The summed E-state index contributed by atoms with van der Waals surface area (Å²) in [4.78, 5) is 23.7. The van der Waals surface area contributed by atoms with Gasteiger partial charge in [0.2, 0.25) is 5.95 Å². The topological polar surface area (TPSA) is 91.4 Å². The van der Waals surface area contributed by atoms with Crippen LogP contribution < -0.4 is 20.9 Å². The lowest BCUT2D eigenvalue weighted by molar-refractivity contribution is 0.0981. The van der Waals surface area contributed by atoms with Crippen molar-refractivity contribution >= 4 is 17.7 Å². The molecule has 0 spiro atoms. The summed E-state index contributed by atoms with van der Waals surface area (Å²) in [5.41, 5.74) is 4.93.